The van der Waals surface area contributed by atoms with Gasteiger partial charge in [0, 0.05) is 39.0 Å². The first-order valence-corrected chi connectivity index (χ1v) is 9.31. The van der Waals surface area contributed by atoms with Gasteiger partial charge in [-0.1, -0.05) is 13.8 Å². The van der Waals surface area contributed by atoms with Crippen LogP contribution < -0.4 is 5.32 Å². The molecule has 2 heterocycles. The van der Waals surface area contributed by atoms with E-state index in [1.165, 1.54) is 15.5 Å². The molecular formula is C14H25N5O3S. The molecule has 9 heteroatoms. The van der Waals surface area contributed by atoms with Gasteiger partial charge in [0.1, 0.15) is 5.82 Å². The van der Waals surface area contributed by atoms with E-state index in [9.17, 15) is 13.2 Å². The van der Waals surface area contributed by atoms with Gasteiger partial charge in [-0.15, -0.1) is 0 Å². The first-order valence-electron chi connectivity index (χ1n) is 7.91. The Kier molecular flexibility index (Phi) is 5.77. The highest BCUT2D eigenvalue weighted by Crippen LogP contribution is 2.28. The van der Waals surface area contributed by atoms with E-state index in [4.69, 9.17) is 0 Å². The summed E-state index contributed by atoms with van der Waals surface area (Å²) in [5.41, 5.74) is 0.820. The van der Waals surface area contributed by atoms with Crippen LogP contribution in [0.3, 0.4) is 0 Å². The number of imidazole rings is 1. The van der Waals surface area contributed by atoms with Gasteiger partial charge >= 0.3 is 0 Å². The zero-order chi connectivity index (χ0) is 17.0. The lowest BCUT2D eigenvalue weighted by atomic mass is 10.1. The van der Waals surface area contributed by atoms with E-state index in [1.807, 2.05) is 13.8 Å². The highest BCUT2D eigenvalue weighted by Gasteiger charge is 2.35. The van der Waals surface area contributed by atoms with Crippen molar-refractivity contribution in [1.29, 1.82) is 0 Å². The minimum absolute atomic E-state index is 0.0615. The maximum absolute atomic E-state index is 12.5. The molecule has 0 unspecified atom stereocenters. The smallest absolute Gasteiger partial charge is 0.281 e. The van der Waals surface area contributed by atoms with Crippen molar-refractivity contribution in [3.05, 3.63) is 17.7 Å². The van der Waals surface area contributed by atoms with Crippen molar-refractivity contribution in [3.8, 4) is 0 Å². The summed E-state index contributed by atoms with van der Waals surface area (Å²) in [7, 11) is -3.39. The number of nitrogens with one attached hydrogen (secondary N) is 2. The van der Waals surface area contributed by atoms with Gasteiger partial charge in [0.15, 0.2) is 0 Å². The molecule has 23 heavy (non-hydrogen) atoms. The van der Waals surface area contributed by atoms with Crippen molar-refractivity contribution < 1.29 is 13.2 Å². The van der Waals surface area contributed by atoms with Crippen LogP contribution in [0.2, 0.25) is 0 Å². The van der Waals surface area contributed by atoms with Gasteiger partial charge in [-0.25, -0.2) is 4.98 Å². The average Bonchev–Trinajstić information content (AvgIpc) is 3.15. The van der Waals surface area contributed by atoms with E-state index in [-0.39, 0.29) is 11.8 Å². The summed E-state index contributed by atoms with van der Waals surface area (Å²) in [5.74, 6) is 0.743. The van der Waals surface area contributed by atoms with Gasteiger partial charge in [-0.05, 0) is 6.42 Å². The second-order valence-corrected chi connectivity index (χ2v) is 7.57. The topological polar surface area (TPSA) is 98.4 Å². The molecule has 1 saturated heterocycles. The number of aromatic amines is 1. The predicted octanol–water partition coefficient (Wildman–Crippen LogP) is 0.422. The number of amides is 1. The van der Waals surface area contributed by atoms with E-state index in [0.29, 0.717) is 32.7 Å². The molecule has 1 atom stereocenters. The number of H-pyrrole nitrogens is 1. The van der Waals surface area contributed by atoms with Gasteiger partial charge in [0.25, 0.3) is 10.2 Å². The molecular weight excluding hydrogens is 318 g/mol. The fraction of sp³-hybridized carbons (Fsp3) is 0.714. The van der Waals surface area contributed by atoms with Crippen molar-refractivity contribution in [2.24, 2.45) is 0 Å². The van der Waals surface area contributed by atoms with Crippen LogP contribution in [0.25, 0.3) is 0 Å². The van der Waals surface area contributed by atoms with E-state index >= 15 is 0 Å². The van der Waals surface area contributed by atoms with Crippen LogP contribution in [0.4, 0.5) is 0 Å². The molecule has 1 aliphatic rings. The van der Waals surface area contributed by atoms with Crippen molar-refractivity contribution in [1.82, 2.24) is 23.9 Å². The van der Waals surface area contributed by atoms with Crippen molar-refractivity contribution in [2.75, 3.05) is 26.2 Å². The van der Waals surface area contributed by atoms with Gasteiger partial charge in [-0.2, -0.15) is 17.0 Å². The summed E-state index contributed by atoms with van der Waals surface area (Å²) in [4.78, 5) is 18.4. The Hall–Kier alpha value is -1.45. The first-order chi connectivity index (χ1) is 10.9. The summed E-state index contributed by atoms with van der Waals surface area (Å²) >= 11 is 0. The molecule has 0 aliphatic carbocycles. The Balaban J connectivity index is 2.01. The summed E-state index contributed by atoms with van der Waals surface area (Å²) < 4.78 is 28.1. The second kappa shape index (κ2) is 7.41. The molecule has 8 nitrogen and oxygen atoms in total. The van der Waals surface area contributed by atoms with Gasteiger partial charge in [0.2, 0.25) is 5.91 Å². The Morgan fingerprint density at radius 1 is 1.48 bits per heavy atom. The Morgan fingerprint density at radius 3 is 2.78 bits per heavy atom. The quantitative estimate of drug-likeness (QED) is 0.750. The fourth-order valence-corrected chi connectivity index (χ4v) is 4.45. The minimum atomic E-state index is -3.39. The standard InChI is InChI=1S/C14H25N5O3S/c1-4-18(5-2)23(21,22)19-7-6-12(10-19)14-16-9-13(17-14)8-15-11(3)20/h9,12H,4-8,10H2,1-3H3,(H,15,20)(H,16,17)/t12-/m0/s1. The molecule has 0 aromatic carbocycles. The lowest BCUT2D eigenvalue weighted by Gasteiger charge is -2.25. The third-order valence-electron chi connectivity index (χ3n) is 4.07. The summed E-state index contributed by atoms with van der Waals surface area (Å²) in [6, 6.07) is 0. The normalized spacial score (nSPS) is 19.4. The zero-order valence-corrected chi connectivity index (χ0v) is 14.7. The molecule has 2 rings (SSSR count). The van der Waals surface area contributed by atoms with E-state index < -0.39 is 10.2 Å². The van der Waals surface area contributed by atoms with Crippen molar-refractivity contribution in [2.45, 2.75) is 39.7 Å². The maximum atomic E-state index is 12.5. The largest absolute Gasteiger partial charge is 0.351 e. The zero-order valence-electron chi connectivity index (χ0n) is 13.9. The molecule has 130 valence electrons. The second-order valence-electron chi connectivity index (χ2n) is 5.64. The molecule has 0 spiro atoms. The van der Waals surface area contributed by atoms with E-state index in [2.05, 4.69) is 15.3 Å². The van der Waals surface area contributed by atoms with Crippen LogP contribution in [0.15, 0.2) is 6.20 Å². The lowest BCUT2D eigenvalue weighted by Crippen LogP contribution is -2.42. The number of carbonyl (C=O) groups excluding carboxylic acids is 1. The number of rotatable bonds is 7. The number of carbonyl (C=O) groups is 1. The molecule has 1 aromatic rings. The average molecular weight is 343 g/mol. The molecule has 2 N–H and O–H groups in total. The van der Waals surface area contributed by atoms with E-state index in [0.717, 1.165) is 17.9 Å². The molecule has 0 bridgehead atoms. The lowest BCUT2D eigenvalue weighted by molar-refractivity contribution is -0.119. The maximum Gasteiger partial charge on any atom is 0.281 e. The van der Waals surface area contributed by atoms with Crippen molar-refractivity contribution in [3.63, 3.8) is 0 Å². The number of hydrogen-bond donors (Lipinski definition) is 2. The molecule has 1 aliphatic heterocycles. The summed E-state index contributed by atoms with van der Waals surface area (Å²) in [6.45, 7) is 7.44. The van der Waals surface area contributed by atoms with Gasteiger partial charge in [0.05, 0.1) is 18.4 Å². The number of hydrogen-bond acceptors (Lipinski definition) is 4. The van der Waals surface area contributed by atoms with E-state index in [1.54, 1.807) is 6.20 Å². The first kappa shape index (κ1) is 17.9. The Labute approximate surface area is 137 Å². The third kappa shape index (κ3) is 4.10. The monoisotopic (exact) mass is 343 g/mol. The highest BCUT2D eigenvalue weighted by molar-refractivity contribution is 7.86. The van der Waals surface area contributed by atoms with Crippen LogP contribution in [0.1, 0.15) is 44.6 Å². The third-order valence-corrected chi connectivity index (χ3v) is 6.22. The molecule has 1 aromatic heterocycles. The Bertz CT molecular complexity index is 639. The predicted molar refractivity (Wildman–Crippen MR) is 86.9 cm³/mol. The Morgan fingerprint density at radius 2 is 2.17 bits per heavy atom. The number of nitrogens with zero attached hydrogens (tertiary/aromatic N) is 3. The molecule has 1 fully saturated rings. The van der Waals surface area contributed by atoms with Crippen molar-refractivity contribution >= 4 is 16.1 Å². The summed E-state index contributed by atoms with van der Waals surface area (Å²) in [6.07, 6.45) is 2.43. The number of aromatic nitrogens is 2. The van der Waals surface area contributed by atoms with Crippen LogP contribution in [0, 0.1) is 0 Å². The van der Waals surface area contributed by atoms with Crippen LogP contribution in [0.5, 0.6) is 0 Å². The van der Waals surface area contributed by atoms with Gasteiger partial charge < -0.3 is 10.3 Å². The summed E-state index contributed by atoms with van der Waals surface area (Å²) in [5, 5.41) is 2.71. The molecule has 0 saturated carbocycles. The van der Waals surface area contributed by atoms with Gasteiger partial charge in [-0.3, -0.25) is 4.79 Å². The fourth-order valence-electron chi connectivity index (χ4n) is 2.77. The minimum Gasteiger partial charge on any atom is -0.351 e. The van der Waals surface area contributed by atoms with Crippen LogP contribution >= 0.6 is 0 Å². The van der Waals surface area contributed by atoms with Crippen LogP contribution in [-0.4, -0.2) is 59.1 Å². The molecule has 1 amide bonds. The highest BCUT2D eigenvalue weighted by atomic mass is 32.2. The molecule has 0 radical (unpaired) electrons. The van der Waals surface area contributed by atoms with Crippen LogP contribution in [-0.2, 0) is 21.5 Å². The SMILES string of the molecule is CCN(CC)S(=O)(=O)N1CC[C@H](c2ncc(CNC(C)=O)[nH]2)C1.